The Morgan fingerprint density at radius 3 is 1.94 bits per heavy atom. The number of rotatable bonds is 11. The predicted octanol–water partition coefficient (Wildman–Crippen LogP) is 8.40. The van der Waals surface area contributed by atoms with Crippen molar-refractivity contribution in [1.29, 1.82) is 0 Å². The number of anilines is 1. The maximum atomic E-state index is 15.0. The SMILES string of the molecule is CC(C)(C)c1cc(CN(C(=O)CN(Cc2ccccc2C(F)(F)F)S(=O)(=O)c2c(F)c(F)c(F)c(F)c2F)c2ccc(C(=O)O)c(O)c2)cc(C2CC2)c1. The number of sulfonamides is 1. The van der Waals surface area contributed by atoms with Gasteiger partial charge in [-0.15, -0.1) is 0 Å². The Bertz CT molecular complexity index is 2220. The van der Waals surface area contributed by atoms with Gasteiger partial charge in [0.2, 0.25) is 21.7 Å². The lowest BCUT2D eigenvalue weighted by molar-refractivity contribution is -0.138. The molecule has 1 aliphatic rings. The standard InChI is InChI=1S/C37H32F8N2O6S/c1-36(2,3)23-13-19(12-22(14-23)20-8-9-20)16-47(24-10-11-25(35(50)51)27(48)15-24)28(49)18-46(17-21-6-4-5-7-26(21)37(43,44)45)54(52,53)34-32(41)30(39)29(38)31(40)33(34)42/h4-7,10-15,20,48H,8-9,16-18H2,1-3H3,(H,50,51). The van der Waals surface area contributed by atoms with Crippen molar-refractivity contribution in [2.24, 2.45) is 0 Å². The minimum absolute atomic E-state index is 0.155. The van der Waals surface area contributed by atoms with Crippen LogP contribution in [0.15, 0.2) is 65.6 Å². The Morgan fingerprint density at radius 2 is 1.41 bits per heavy atom. The summed E-state index contributed by atoms with van der Waals surface area (Å²) in [7, 11) is -6.04. The van der Waals surface area contributed by atoms with Crippen molar-refractivity contribution < 1.29 is 63.3 Å². The first kappa shape index (κ1) is 40.2. The Kier molecular flexibility index (Phi) is 10.9. The number of amides is 1. The molecule has 0 spiro atoms. The summed E-state index contributed by atoms with van der Waals surface area (Å²) in [6.45, 7) is 2.39. The molecular weight excluding hydrogens is 752 g/mol. The molecule has 288 valence electrons. The maximum Gasteiger partial charge on any atom is 0.416 e. The minimum Gasteiger partial charge on any atom is -0.507 e. The average molecular weight is 785 g/mol. The van der Waals surface area contributed by atoms with Crippen molar-refractivity contribution >= 4 is 27.6 Å². The van der Waals surface area contributed by atoms with Gasteiger partial charge in [-0.3, -0.25) is 4.79 Å². The van der Waals surface area contributed by atoms with Crippen LogP contribution in [0.2, 0.25) is 0 Å². The van der Waals surface area contributed by atoms with Gasteiger partial charge in [-0.05, 0) is 64.6 Å². The van der Waals surface area contributed by atoms with Gasteiger partial charge >= 0.3 is 12.1 Å². The van der Waals surface area contributed by atoms with Crippen molar-refractivity contribution in [3.05, 3.63) is 123 Å². The molecule has 1 saturated carbocycles. The van der Waals surface area contributed by atoms with Crippen LogP contribution < -0.4 is 4.90 Å². The van der Waals surface area contributed by atoms with Crippen molar-refractivity contribution in [3.63, 3.8) is 0 Å². The number of benzene rings is 4. The van der Waals surface area contributed by atoms with E-state index in [2.05, 4.69) is 0 Å². The van der Waals surface area contributed by atoms with Crippen LogP contribution in [-0.4, -0.2) is 41.4 Å². The van der Waals surface area contributed by atoms with E-state index in [1.165, 1.54) is 0 Å². The summed E-state index contributed by atoms with van der Waals surface area (Å²) in [4.78, 5) is 24.4. The average Bonchev–Trinajstić information content (AvgIpc) is 3.93. The first-order chi connectivity index (χ1) is 25.0. The molecule has 54 heavy (non-hydrogen) atoms. The van der Waals surface area contributed by atoms with Crippen LogP contribution in [0, 0.1) is 29.1 Å². The molecule has 0 atom stereocenters. The van der Waals surface area contributed by atoms with Gasteiger partial charge < -0.3 is 15.1 Å². The molecule has 0 unspecified atom stereocenters. The Hall–Kier alpha value is -5.03. The molecular formula is C37H32F8N2O6S. The number of hydrogen-bond donors (Lipinski definition) is 2. The van der Waals surface area contributed by atoms with Crippen LogP contribution in [0.25, 0.3) is 0 Å². The van der Waals surface area contributed by atoms with Crippen molar-refractivity contribution in [2.45, 2.75) is 69.1 Å². The Morgan fingerprint density at radius 1 is 0.815 bits per heavy atom. The van der Waals surface area contributed by atoms with Crippen LogP contribution in [0.5, 0.6) is 5.75 Å². The molecule has 0 saturated heterocycles. The topological polar surface area (TPSA) is 115 Å². The van der Waals surface area contributed by atoms with Crippen molar-refractivity contribution in [1.82, 2.24) is 4.31 Å². The summed E-state index contributed by atoms with van der Waals surface area (Å²) >= 11 is 0. The molecule has 4 aromatic rings. The van der Waals surface area contributed by atoms with Gasteiger partial charge in [0.1, 0.15) is 11.3 Å². The molecule has 1 fully saturated rings. The van der Waals surface area contributed by atoms with E-state index < -0.39 is 110 Å². The summed E-state index contributed by atoms with van der Waals surface area (Å²) in [6, 6.07) is 11.7. The molecule has 0 bridgehead atoms. The summed E-state index contributed by atoms with van der Waals surface area (Å²) in [5.74, 6) is -17.1. The number of carboxylic acids is 1. The fourth-order valence-corrected chi connectivity index (χ4v) is 7.28. The fraction of sp³-hybridized carbons (Fsp3) is 0.297. The van der Waals surface area contributed by atoms with E-state index in [4.69, 9.17) is 0 Å². The lowest BCUT2D eigenvalue weighted by Crippen LogP contribution is -2.43. The molecule has 0 aliphatic heterocycles. The molecule has 17 heteroatoms. The van der Waals surface area contributed by atoms with Gasteiger partial charge in [-0.25, -0.2) is 35.2 Å². The van der Waals surface area contributed by atoms with Crippen LogP contribution >= 0.6 is 0 Å². The van der Waals surface area contributed by atoms with E-state index >= 15 is 8.78 Å². The third-order valence-corrected chi connectivity index (χ3v) is 10.7. The number of aromatic hydroxyl groups is 1. The predicted molar refractivity (Wildman–Crippen MR) is 179 cm³/mol. The molecule has 0 heterocycles. The molecule has 2 N–H and O–H groups in total. The molecule has 0 radical (unpaired) electrons. The minimum atomic E-state index is -6.04. The van der Waals surface area contributed by atoms with Gasteiger partial charge in [0, 0.05) is 18.3 Å². The van der Waals surface area contributed by atoms with E-state index in [1.54, 1.807) is 12.1 Å². The third-order valence-electron chi connectivity index (χ3n) is 8.84. The van der Waals surface area contributed by atoms with E-state index in [0.717, 1.165) is 65.3 Å². The first-order valence-corrected chi connectivity index (χ1v) is 17.6. The van der Waals surface area contributed by atoms with Gasteiger partial charge in [0.05, 0.1) is 18.7 Å². The van der Waals surface area contributed by atoms with E-state index in [-0.39, 0.29) is 15.9 Å². The smallest absolute Gasteiger partial charge is 0.416 e. The number of nitrogens with zero attached hydrogens (tertiary/aromatic N) is 2. The number of carboxylic acid groups (broad SMARTS) is 1. The number of alkyl halides is 3. The highest BCUT2D eigenvalue weighted by molar-refractivity contribution is 7.89. The number of aromatic carboxylic acids is 1. The maximum absolute atomic E-state index is 15.0. The van der Waals surface area contributed by atoms with E-state index in [1.807, 2.05) is 26.8 Å². The first-order valence-electron chi connectivity index (χ1n) is 16.2. The highest BCUT2D eigenvalue weighted by Crippen LogP contribution is 2.42. The molecule has 5 rings (SSSR count). The van der Waals surface area contributed by atoms with E-state index in [0.29, 0.717) is 11.6 Å². The largest absolute Gasteiger partial charge is 0.507 e. The second kappa shape index (κ2) is 14.7. The zero-order valence-corrected chi connectivity index (χ0v) is 29.6. The highest BCUT2D eigenvalue weighted by Gasteiger charge is 2.41. The van der Waals surface area contributed by atoms with Crippen LogP contribution in [0.3, 0.4) is 0 Å². The van der Waals surface area contributed by atoms with Gasteiger partial charge in [-0.1, -0.05) is 57.2 Å². The molecule has 4 aromatic carbocycles. The molecule has 8 nitrogen and oxygen atoms in total. The van der Waals surface area contributed by atoms with Gasteiger partial charge in [0.15, 0.2) is 28.2 Å². The normalized spacial score (nSPS) is 13.7. The second-order valence-corrected chi connectivity index (χ2v) is 15.7. The van der Waals surface area contributed by atoms with Crippen molar-refractivity contribution in [3.8, 4) is 5.75 Å². The van der Waals surface area contributed by atoms with E-state index in [9.17, 15) is 54.6 Å². The van der Waals surface area contributed by atoms with Crippen LogP contribution in [0.1, 0.15) is 77.7 Å². The molecule has 1 amide bonds. The van der Waals surface area contributed by atoms with Gasteiger partial charge in [-0.2, -0.15) is 17.5 Å². The Balaban J connectivity index is 1.68. The monoisotopic (exact) mass is 784 g/mol. The molecule has 0 aromatic heterocycles. The zero-order valence-electron chi connectivity index (χ0n) is 28.7. The van der Waals surface area contributed by atoms with Crippen molar-refractivity contribution in [2.75, 3.05) is 11.4 Å². The quantitative estimate of drug-likeness (QED) is 0.0898. The van der Waals surface area contributed by atoms with Crippen LogP contribution in [0.4, 0.5) is 40.8 Å². The fourth-order valence-electron chi connectivity index (χ4n) is 5.80. The second-order valence-electron chi connectivity index (χ2n) is 13.8. The summed E-state index contributed by atoms with van der Waals surface area (Å²) in [5.41, 5.74) is -1.31. The number of carbonyl (C=O) groups excluding carboxylic acids is 1. The summed E-state index contributed by atoms with van der Waals surface area (Å²) in [5, 5.41) is 20.0. The lowest BCUT2D eigenvalue weighted by atomic mass is 9.84. The zero-order chi connectivity index (χ0) is 40.1. The number of carbonyl (C=O) groups is 2. The van der Waals surface area contributed by atoms with Gasteiger partial charge in [0.25, 0.3) is 0 Å². The summed E-state index contributed by atoms with van der Waals surface area (Å²) < 4.78 is 142. The lowest BCUT2D eigenvalue weighted by Gasteiger charge is -2.29. The number of phenols is 1. The summed E-state index contributed by atoms with van der Waals surface area (Å²) in [6.07, 6.45) is -3.36. The van der Waals surface area contributed by atoms with Crippen LogP contribution in [-0.2, 0) is 39.5 Å². The molecule has 1 aliphatic carbocycles. The third kappa shape index (κ3) is 8.21. The number of halogens is 8. The Labute approximate surface area is 304 Å². The highest BCUT2D eigenvalue weighted by atomic mass is 32.2. The number of hydrogen-bond acceptors (Lipinski definition) is 5.